The van der Waals surface area contributed by atoms with Crippen molar-refractivity contribution in [1.82, 2.24) is 10.3 Å². The molecule has 1 amide bonds. The van der Waals surface area contributed by atoms with Crippen molar-refractivity contribution in [2.75, 3.05) is 18.9 Å². The summed E-state index contributed by atoms with van der Waals surface area (Å²) >= 11 is 0. The Balaban J connectivity index is 1.84. The summed E-state index contributed by atoms with van der Waals surface area (Å²) in [6, 6.07) is 3.60. The molecule has 0 saturated heterocycles. The SMILES string of the molecule is CNc1cc(C(=O)NCCCC2CC2)cc(C)n1. The van der Waals surface area contributed by atoms with E-state index in [0.29, 0.717) is 5.56 Å². The highest BCUT2D eigenvalue weighted by Crippen LogP contribution is 2.33. The van der Waals surface area contributed by atoms with Crippen molar-refractivity contribution in [1.29, 1.82) is 0 Å². The number of nitrogens with zero attached hydrogens (tertiary/aromatic N) is 1. The second-order valence-corrected chi connectivity index (χ2v) is 4.97. The van der Waals surface area contributed by atoms with Crippen LogP contribution in [0.2, 0.25) is 0 Å². The maximum atomic E-state index is 12.0. The highest BCUT2D eigenvalue weighted by atomic mass is 16.1. The number of rotatable bonds is 6. The summed E-state index contributed by atoms with van der Waals surface area (Å²) in [4.78, 5) is 16.2. The molecule has 1 saturated carbocycles. The van der Waals surface area contributed by atoms with E-state index in [1.165, 1.54) is 19.3 Å². The lowest BCUT2D eigenvalue weighted by atomic mass is 10.2. The maximum absolute atomic E-state index is 12.0. The van der Waals surface area contributed by atoms with Gasteiger partial charge in [0.05, 0.1) is 0 Å². The van der Waals surface area contributed by atoms with Crippen LogP contribution in [0.25, 0.3) is 0 Å². The van der Waals surface area contributed by atoms with Gasteiger partial charge in [-0.05, 0) is 37.8 Å². The van der Waals surface area contributed by atoms with Gasteiger partial charge in [-0.1, -0.05) is 12.8 Å². The lowest BCUT2D eigenvalue weighted by molar-refractivity contribution is 0.0952. The van der Waals surface area contributed by atoms with E-state index in [0.717, 1.165) is 30.4 Å². The van der Waals surface area contributed by atoms with Gasteiger partial charge in [-0.2, -0.15) is 0 Å². The molecule has 2 N–H and O–H groups in total. The zero-order valence-electron chi connectivity index (χ0n) is 11.1. The van der Waals surface area contributed by atoms with Gasteiger partial charge in [0.1, 0.15) is 5.82 Å². The number of nitrogens with one attached hydrogen (secondary N) is 2. The normalized spacial score (nSPS) is 14.3. The van der Waals surface area contributed by atoms with E-state index in [1.807, 2.05) is 13.0 Å². The number of aryl methyl sites for hydroxylation is 1. The fraction of sp³-hybridized carbons (Fsp3) is 0.571. The Morgan fingerprint density at radius 2 is 2.22 bits per heavy atom. The topological polar surface area (TPSA) is 54.0 Å². The minimum atomic E-state index is -0.00667. The molecular formula is C14H21N3O. The largest absolute Gasteiger partial charge is 0.373 e. The minimum absolute atomic E-state index is 0.00667. The zero-order valence-corrected chi connectivity index (χ0v) is 11.1. The van der Waals surface area contributed by atoms with Crippen molar-refractivity contribution in [3.63, 3.8) is 0 Å². The molecule has 1 fully saturated rings. The average molecular weight is 247 g/mol. The third-order valence-electron chi connectivity index (χ3n) is 3.24. The Bertz CT molecular complexity index is 427. The fourth-order valence-corrected chi connectivity index (χ4v) is 2.03. The predicted molar refractivity (Wildman–Crippen MR) is 72.8 cm³/mol. The van der Waals surface area contributed by atoms with Gasteiger partial charge in [0.2, 0.25) is 0 Å². The number of amides is 1. The first-order chi connectivity index (χ1) is 8.69. The summed E-state index contributed by atoms with van der Waals surface area (Å²) in [5.41, 5.74) is 1.53. The van der Waals surface area contributed by atoms with Crippen LogP contribution in [0.1, 0.15) is 41.7 Å². The van der Waals surface area contributed by atoms with Crippen LogP contribution in [0.15, 0.2) is 12.1 Å². The van der Waals surface area contributed by atoms with Crippen molar-refractivity contribution < 1.29 is 4.79 Å². The van der Waals surface area contributed by atoms with Crippen molar-refractivity contribution in [2.24, 2.45) is 5.92 Å². The molecule has 1 aliphatic carbocycles. The molecule has 4 nitrogen and oxygen atoms in total. The summed E-state index contributed by atoms with van der Waals surface area (Å²) in [5, 5.41) is 5.93. The summed E-state index contributed by atoms with van der Waals surface area (Å²) in [6.45, 7) is 2.66. The highest BCUT2D eigenvalue weighted by molar-refractivity contribution is 5.94. The Morgan fingerprint density at radius 3 is 2.89 bits per heavy atom. The number of carbonyl (C=O) groups is 1. The van der Waals surface area contributed by atoms with Gasteiger partial charge >= 0.3 is 0 Å². The second-order valence-electron chi connectivity index (χ2n) is 4.97. The summed E-state index contributed by atoms with van der Waals surface area (Å²) in [6.07, 6.45) is 5.09. The third-order valence-corrected chi connectivity index (χ3v) is 3.24. The van der Waals surface area contributed by atoms with Gasteiger partial charge in [0.25, 0.3) is 5.91 Å². The van der Waals surface area contributed by atoms with Gasteiger partial charge in [-0.25, -0.2) is 4.98 Å². The number of pyridine rings is 1. The van der Waals surface area contributed by atoms with E-state index in [1.54, 1.807) is 13.1 Å². The number of anilines is 1. The van der Waals surface area contributed by atoms with Crippen LogP contribution >= 0.6 is 0 Å². The molecule has 18 heavy (non-hydrogen) atoms. The van der Waals surface area contributed by atoms with Crippen molar-refractivity contribution >= 4 is 11.7 Å². The predicted octanol–water partition coefficient (Wildman–Crippen LogP) is 2.35. The monoisotopic (exact) mass is 247 g/mol. The Labute approximate surface area is 108 Å². The minimum Gasteiger partial charge on any atom is -0.373 e. The van der Waals surface area contributed by atoms with Crippen LogP contribution in [-0.2, 0) is 0 Å². The molecule has 1 aromatic rings. The standard InChI is InChI=1S/C14H21N3O/c1-10-8-12(9-13(15-2)17-10)14(18)16-7-3-4-11-5-6-11/h8-9,11H,3-7H2,1-2H3,(H,15,17)(H,16,18). The molecule has 1 aromatic heterocycles. The van der Waals surface area contributed by atoms with E-state index in [2.05, 4.69) is 15.6 Å². The molecule has 4 heteroatoms. The average Bonchev–Trinajstić information content (AvgIpc) is 3.17. The van der Waals surface area contributed by atoms with Gasteiger partial charge in [-0.3, -0.25) is 4.79 Å². The van der Waals surface area contributed by atoms with E-state index >= 15 is 0 Å². The van der Waals surface area contributed by atoms with E-state index < -0.39 is 0 Å². The second kappa shape index (κ2) is 5.85. The Morgan fingerprint density at radius 1 is 1.44 bits per heavy atom. The smallest absolute Gasteiger partial charge is 0.251 e. The molecule has 0 spiro atoms. The van der Waals surface area contributed by atoms with Crippen LogP contribution in [0.5, 0.6) is 0 Å². The quantitative estimate of drug-likeness (QED) is 0.759. The summed E-state index contributed by atoms with van der Waals surface area (Å²) in [7, 11) is 1.80. The number of aromatic nitrogens is 1. The first-order valence-corrected chi connectivity index (χ1v) is 6.63. The lowest BCUT2D eigenvalue weighted by Crippen LogP contribution is -2.24. The fourth-order valence-electron chi connectivity index (χ4n) is 2.03. The molecule has 98 valence electrons. The number of hydrogen-bond donors (Lipinski definition) is 2. The summed E-state index contributed by atoms with van der Waals surface area (Å²) in [5.74, 6) is 1.66. The molecule has 1 aliphatic rings. The highest BCUT2D eigenvalue weighted by Gasteiger charge is 2.20. The third kappa shape index (κ3) is 3.72. The number of carbonyl (C=O) groups excluding carboxylic acids is 1. The maximum Gasteiger partial charge on any atom is 0.251 e. The van der Waals surface area contributed by atoms with Crippen molar-refractivity contribution in [2.45, 2.75) is 32.6 Å². The van der Waals surface area contributed by atoms with E-state index in [-0.39, 0.29) is 5.91 Å². The lowest BCUT2D eigenvalue weighted by Gasteiger charge is -2.07. The molecule has 0 bridgehead atoms. The van der Waals surface area contributed by atoms with E-state index in [4.69, 9.17) is 0 Å². The van der Waals surface area contributed by atoms with Crippen LogP contribution in [0.4, 0.5) is 5.82 Å². The molecule has 2 rings (SSSR count). The van der Waals surface area contributed by atoms with Gasteiger partial charge in [0.15, 0.2) is 0 Å². The molecule has 0 radical (unpaired) electrons. The molecule has 0 aromatic carbocycles. The number of hydrogen-bond acceptors (Lipinski definition) is 3. The molecule has 0 unspecified atom stereocenters. The first-order valence-electron chi connectivity index (χ1n) is 6.63. The summed E-state index contributed by atoms with van der Waals surface area (Å²) < 4.78 is 0. The van der Waals surface area contributed by atoms with Crippen molar-refractivity contribution in [3.8, 4) is 0 Å². The van der Waals surface area contributed by atoms with E-state index in [9.17, 15) is 4.79 Å². The van der Waals surface area contributed by atoms with Crippen LogP contribution in [0, 0.1) is 12.8 Å². The Kier molecular flexibility index (Phi) is 4.18. The molecule has 0 aliphatic heterocycles. The van der Waals surface area contributed by atoms with Crippen LogP contribution in [-0.4, -0.2) is 24.5 Å². The molecule has 0 atom stereocenters. The van der Waals surface area contributed by atoms with Crippen LogP contribution < -0.4 is 10.6 Å². The van der Waals surface area contributed by atoms with Gasteiger partial charge in [0, 0.05) is 24.8 Å². The molecular weight excluding hydrogens is 226 g/mol. The zero-order chi connectivity index (χ0) is 13.0. The van der Waals surface area contributed by atoms with Crippen LogP contribution in [0.3, 0.4) is 0 Å². The molecule has 1 heterocycles. The van der Waals surface area contributed by atoms with Crippen molar-refractivity contribution in [3.05, 3.63) is 23.4 Å². The van der Waals surface area contributed by atoms with Gasteiger partial charge in [-0.15, -0.1) is 0 Å². The Hall–Kier alpha value is -1.58. The first kappa shape index (κ1) is 12.9. The van der Waals surface area contributed by atoms with Gasteiger partial charge < -0.3 is 10.6 Å².